The maximum atomic E-state index is 13.7. The lowest BCUT2D eigenvalue weighted by molar-refractivity contribution is -0.137. The minimum atomic E-state index is -4.68. The van der Waals surface area contributed by atoms with E-state index in [-0.39, 0.29) is 33.6 Å². The Bertz CT molecular complexity index is 1600. The van der Waals surface area contributed by atoms with Crippen LogP contribution in [0.3, 0.4) is 0 Å². The fourth-order valence-corrected chi connectivity index (χ4v) is 5.46. The van der Waals surface area contributed by atoms with E-state index in [1.54, 1.807) is 0 Å². The Morgan fingerprint density at radius 3 is 2.27 bits per heavy atom. The van der Waals surface area contributed by atoms with E-state index in [2.05, 4.69) is 4.74 Å². The monoisotopic (exact) mass is 559 g/mol. The lowest BCUT2D eigenvalue weighted by Crippen LogP contribution is -2.16. The van der Waals surface area contributed by atoms with Crippen molar-refractivity contribution in [2.45, 2.75) is 24.1 Å². The number of hydrogen-bond acceptors (Lipinski definition) is 4. The normalized spacial score (nSPS) is 12.3. The van der Waals surface area contributed by atoms with Crippen LogP contribution in [0.25, 0.3) is 10.9 Å². The third-order valence-electron chi connectivity index (χ3n) is 5.40. The first kappa shape index (κ1) is 26.4. The molecule has 0 unspecified atom stereocenters. The van der Waals surface area contributed by atoms with Gasteiger partial charge in [-0.25, -0.2) is 17.2 Å². The summed E-state index contributed by atoms with van der Waals surface area (Å²) < 4.78 is 97.9. The van der Waals surface area contributed by atoms with Gasteiger partial charge in [0, 0.05) is 23.6 Å². The fourth-order valence-electron chi connectivity index (χ4n) is 3.74. The molecule has 0 aliphatic heterocycles. The highest BCUT2D eigenvalue weighted by atomic mass is 35.5. The summed E-state index contributed by atoms with van der Waals surface area (Å²) in [5.74, 6) is -1.77. The topological polar surface area (TPSA) is 85.6 Å². The molecule has 0 saturated carbocycles. The third-order valence-corrected chi connectivity index (χ3v) is 7.47. The average Bonchev–Trinajstić information content (AvgIpc) is 3.17. The van der Waals surface area contributed by atoms with Crippen LogP contribution in [0.4, 0.5) is 22.0 Å². The Morgan fingerprint density at radius 1 is 1.00 bits per heavy atom. The van der Waals surface area contributed by atoms with Gasteiger partial charge in [-0.2, -0.15) is 22.0 Å². The van der Waals surface area contributed by atoms with Crippen molar-refractivity contribution in [2.24, 2.45) is 0 Å². The molecule has 0 spiro atoms. The third kappa shape index (κ3) is 5.39. The summed E-state index contributed by atoms with van der Waals surface area (Å²) in [5.41, 5.74) is -0.580. The van der Waals surface area contributed by atoms with Crippen LogP contribution < -0.4 is 4.74 Å². The van der Waals surface area contributed by atoms with Crippen LogP contribution in [-0.2, 0) is 22.6 Å². The van der Waals surface area contributed by atoms with E-state index in [1.807, 2.05) is 0 Å². The van der Waals surface area contributed by atoms with Crippen molar-refractivity contribution >= 4 is 38.5 Å². The number of rotatable bonds is 7. The molecule has 0 aliphatic rings. The molecule has 0 amide bonds. The summed E-state index contributed by atoms with van der Waals surface area (Å²) in [5, 5.41) is 8.78. The van der Waals surface area contributed by atoms with Gasteiger partial charge in [-0.3, -0.25) is 0 Å². The van der Waals surface area contributed by atoms with Crippen molar-refractivity contribution in [1.29, 1.82) is 0 Å². The molecule has 0 aliphatic carbocycles. The number of ether oxygens (including phenoxy) is 1. The second-order valence-electron chi connectivity index (χ2n) is 7.83. The number of halogens is 6. The lowest BCUT2D eigenvalue weighted by atomic mass is 10.1. The van der Waals surface area contributed by atoms with Gasteiger partial charge in [0.25, 0.3) is 10.0 Å². The molecule has 37 heavy (non-hydrogen) atoms. The van der Waals surface area contributed by atoms with Gasteiger partial charge < -0.3 is 9.84 Å². The van der Waals surface area contributed by atoms with Crippen molar-refractivity contribution in [3.05, 3.63) is 94.1 Å². The molecular formula is C24H15ClF5NO5S. The van der Waals surface area contributed by atoms with Crippen LogP contribution in [0.2, 0.25) is 5.02 Å². The van der Waals surface area contributed by atoms with Gasteiger partial charge in [-0.1, -0.05) is 23.7 Å². The SMILES string of the molecule is O=C(O)c1ccc(Cc2cc3cc(C(F)(F)F)ccc3n2S(=O)(=O)c2ccc(Cl)c(OC(F)F)c2)cc1. The predicted octanol–water partition coefficient (Wildman–Crippen LogP) is 6.44. The molecule has 0 bridgehead atoms. The van der Waals surface area contributed by atoms with Crippen LogP contribution in [-0.4, -0.2) is 30.1 Å². The molecule has 0 saturated heterocycles. The van der Waals surface area contributed by atoms with Crippen molar-refractivity contribution in [2.75, 3.05) is 0 Å². The zero-order valence-electron chi connectivity index (χ0n) is 18.3. The van der Waals surface area contributed by atoms with Crippen LogP contribution >= 0.6 is 11.6 Å². The van der Waals surface area contributed by atoms with Crippen LogP contribution in [0, 0.1) is 0 Å². The molecule has 1 aromatic heterocycles. The zero-order chi connectivity index (χ0) is 27.1. The largest absolute Gasteiger partial charge is 0.478 e. The number of nitrogens with zero attached hydrogens (tertiary/aromatic N) is 1. The molecule has 13 heteroatoms. The summed E-state index contributed by atoms with van der Waals surface area (Å²) in [6.45, 7) is -3.28. The van der Waals surface area contributed by atoms with Gasteiger partial charge in [0.15, 0.2) is 0 Å². The number of carboxylic acid groups (broad SMARTS) is 1. The van der Waals surface area contributed by atoms with Gasteiger partial charge in [-0.15, -0.1) is 0 Å². The first-order chi connectivity index (χ1) is 17.3. The highest BCUT2D eigenvalue weighted by Crippen LogP contribution is 2.36. The van der Waals surface area contributed by atoms with Crippen LogP contribution in [0.5, 0.6) is 5.75 Å². The molecule has 194 valence electrons. The Morgan fingerprint density at radius 2 is 1.68 bits per heavy atom. The van der Waals surface area contributed by atoms with Crippen LogP contribution in [0.1, 0.15) is 27.2 Å². The number of alkyl halides is 5. The average molecular weight is 560 g/mol. The van der Waals surface area contributed by atoms with Gasteiger partial charge in [-0.05, 0) is 54.1 Å². The Labute approximate surface area is 211 Å². The van der Waals surface area contributed by atoms with E-state index in [0.717, 1.165) is 40.4 Å². The quantitative estimate of drug-likeness (QED) is 0.263. The number of benzene rings is 3. The summed E-state index contributed by atoms with van der Waals surface area (Å²) in [6, 6.07) is 12.2. The fraction of sp³-hybridized carbons (Fsp3) is 0.125. The number of carboxylic acids is 1. The smallest absolute Gasteiger partial charge is 0.416 e. The molecule has 6 nitrogen and oxygen atoms in total. The van der Waals surface area contributed by atoms with Gasteiger partial charge >= 0.3 is 18.8 Å². The highest BCUT2D eigenvalue weighted by Gasteiger charge is 2.32. The van der Waals surface area contributed by atoms with Crippen molar-refractivity contribution in [1.82, 2.24) is 3.97 Å². The number of hydrogen-bond donors (Lipinski definition) is 1. The second-order valence-corrected chi connectivity index (χ2v) is 10.0. The van der Waals surface area contributed by atoms with E-state index in [9.17, 15) is 35.2 Å². The Balaban J connectivity index is 1.90. The summed E-state index contributed by atoms with van der Waals surface area (Å²) >= 11 is 5.84. The molecular weight excluding hydrogens is 545 g/mol. The van der Waals surface area contributed by atoms with Gasteiger partial charge in [0.1, 0.15) is 5.75 Å². The van der Waals surface area contributed by atoms with E-state index in [0.29, 0.717) is 5.56 Å². The van der Waals surface area contributed by atoms with E-state index in [4.69, 9.17) is 16.7 Å². The van der Waals surface area contributed by atoms with Crippen molar-refractivity contribution in [3.8, 4) is 5.75 Å². The number of fused-ring (bicyclic) bond motifs is 1. The van der Waals surface area contributed by atoms with Crippen molar-refractivity contribution in [3.63, 3.8) is 0 Å². The molecule has 3 aromatic carbocycles. The number of aromatic carboxylic acids is 1. The van der Waals surface area contributed by atoms with Crippen LogP contribution in [0.15, 0.2) is 71.6 Å². The van der Waals surface area contributed by atoms with Gasteiger partial charge in [0.05, 0.1) is 26.6 Å². The Kier molecular flexibility index (Phi) is 6.91. The lowest BCUT2D eigenvalue weighted by Gasteiger charge is -2.14. The van der Waals surface area contributed by atoms with Crippen molar-refractivity contribution < 1.29 is 45.0 Å². The maximum absolute atomic E-state index is 13.7. The summed E-state index contributed by atoms with van der Waals surface area (Å²) in [7, 11) is -4.56. The van der Waals surface area contributed by atoms with E-state index >= 15 is 0 Å². The molecule has 0 radical (unpaired) electrons. The zero-order valence-corrected chi connectivity index (χ0v) is 19.9. The number of carbonyl (C=O) groups is 1. The molecule has 4 aromatic rings. The molecule has 0 atom stereocenters. The molecule has 1 N–H and O–H groups in total. The summed E-state index contributed by atoms with van der Waals surface area (Å²) in [6.07, 6.45) is -4.79. The predicted molar refractivity (Wildman–Crippen MR) is 124 cm³/mol. The minimum Gasteiger partial charge on any atom is -0.478 e. The van der Waals surface area contributed by atoms with E-state index < -0.39 is 45.0 Å². The Hall–Kier alpha value is -3.64. The van der Waals surface area contributed by atoms with E-state index in [1.165, 1.54) is 30.3 Å². The first-order valence-corrected chi connectivity index (χ1v) is 12.1. The maximum Gasteiger partial charge on any atom is 0.416 e. The second kappa shape index (κ2) is 9.67. The highest BCUT2D eigenvalue weighted by molar-refractivity contribution is 7.90. The summed E-state index contributed by atoms with van der Waals surface area (Å²) in [4.78, 5) is 10.6. The minimum absolute atomic E-state index is 0.0144. The standard InChI is InChI=1S/C24H15ClF5NO5S/c25-19-7-6-18(12-21(19)36-23(26)27)37(34,35)31-17(9-13-1-3-14(4-2-13)22(32)33)11-15-10-16(24(28,29)30)5-8-20(15)31/h1-8,10-12,23H,9H2,(H,32,33). The van der Waals surface area contributed by atoms with Gasteiger partial charge in [0.2, 0.25) is 0 Å². The molecule has 4 rings (SSSR count). The molecule has 1 heterocycles. The first-order valence-electron chi connectivity index (χ1n) is 10.3. The number of aromatic nitrogens is 1. The molecule has 0 fully saturated rings.